The summed E-state index contributed by atoms with van der Waals surface area (Å²) in [6.07, 6.45) is 1.93. The van der Waals surface area contributed by atoms with Crippen molar-refractivity contribution >= 4 is 33.6 Å². The Hall–Kier alpha value is -1.34. The highest BCUT2D eigenvalue weighted by Crippen LogP contribution is 2.37. The van der Waals surface area contributed by atoms with E-state index >= 15 is 0 Å². The maximum absolute atomic E-state index is 11.8. The zero-order valence-corrected chi connectivity index (χ0v) is 14.0. The molecule has 0 unspecified atom stereocenters. The molecule has 5 nitrogen and oxygen atoms in total. The van der Waals surface area contributed by atoms with Crippen LogP contribution in [0.15, 0.2) is 34.9 Å². The van der Waals surface area contributed by atoms with Crippen LogP contribution in [0.25, 0.3) is 0 Å². The summed E-state index contributed by atoms with van der Waals surface area (Å²) in [5.74, 6) is 0.700. The standard InChI is InChI=1S/C14H15BrN4OS/c1-2-19-13(20)9-21-14(19)12-8-18(17-16-12)7-10-4-3-5-11(15)6-10/h3-6,8,14H,2,7,9H2,1H3/t14-/m1/s1. The van der Waals surface area contributed by atoms with Crippen LogP contribution in [0.4, 0.5) is 0 Å². The molecule has 0 N–H and O–H groups in total. The molecule has 7 heteroatoms. The van der Waals surface area contributed by atoms with E-state index in [1.165, 1.54) is 0 Å². The fourth-order valence-electron chi connectivity index (χ4n) is 2.37. The van der Waals surface area contributed by atoms with Gasteiger partial charge in [0.1, 0.15) is 11.1 Å². The van der Waals surface area contributed by atoms with Crippen LogP contribution in [0.1, 0.15) is 23.6 Å². The molecular formula is C14H15BrN4OS. The van der Waals surface area contributed by atoms with Gasteiger partial charge in [0.2, 0.25) is 5.91 Å². The molecular weight excluding hydrogens is 352 g/mol. The number of hydrogen-bond acceptors (Lipinski definition) is 4. The lowest BCUT2D eigenvalue weighted by Crippen LogP contribution is -2.27. The minimum Gasteiger partial charge on any atom is -0.324 e. The Labute approximate surface area is 135 Å². The Balaban J connectivity index is 1.76. The maximum Gasteiger partial charge on any atom is 0.233 e. The minimum absolute atomic E-state index is 0.00115. The second kappa shape index (κ2) is 6.19. The second-order valence-corrected chi connectivity index (χ2v) is 6.80. The van der Waals surface area contributed by atoms with Gasteiger partial charge in [0.25, 0.3) is 0 Å². The Kier molecular flexibility index (Phi) is 4.30. The van der Waals surface area contributed by atoms with Gasteiger partial charge in [0.05, 0.1) is 18.5 Å². The maximum atomic E-state index is 11.8. The molecule has 1 fully saturated rings. The Morgan fingerprint density at radius 2 is 2.33 bits per heavy atom. The molecule has 3 rings (SSSR count). The predicted molar refractivity (Wildman–Crippen MR) is 85.9 cm³/mol. The third-order valence-electron chi connectivity index (χ3n) is 3.35. The monoisotopic (exact) mass is 366 g/mol. The van der Waals surface area contributed by atoms with Gasteiger partial charge in [-0.3, -0.25) is 4.79 Å². The molecule has 1 aromatic heterocycles. The summed E-state index contributed by atoms with van der Waals surface area (Å²) in [6.45, 7) is 3.36. The second-order valence-electron chi connectivity index (χ2n) is 4.81. The van der Waals surface area contributed by atoms with Gasteiger partial charge >= 0.3 is 0 Å². The summed E-state index contributed by atoms with van der Waals surface area (Å²) in [6, 6.07) is 8.11. The first-order chi connectivity index (χ1) is 10.2. The van der Waals surface area contributed by atoms with E-state index in [4.69, 9.17) is 0 Å². The lowest BCUT2D eigenvalue weighted by atomic mass is 10.2. The molecule has 0 spiro atoms. The lowest BCUT2D eigenvalue weighted by Gasteiger charge is -2.19. The van der Waals surface area contributed by atoms with Crippen molar-refractivity contribution in [2.45, 2.75) is 18.8 Å². The van der Waals surface area contributed by atoms with Crippen molar-refractivity contribution in [2.75, 3.05) is 12.3 Å². The summed E-state index contributed by atoms with van der Waals surface area (Å²) in [4.78, 5) is 13.6. The largest absolute Gasteiger partial charge is 0.324 e. The van der Waals surface area contributed by atoms with Crippen molar-refractivity contribution in [3.05, 3.63) is 46.2 Å². The highest BCUT2D eigenvalue weighted by atomic mass is 79.9. The normalized spacial score (nSPS) is 18.5. The number of hydrogen-bond donors (Lipinski definition) is 0. The predicted octanol–water partition coefficient (Wildman–Crippen LogP) is 2.68. The third kappa shape index (κ3) is 3.13. The number of benzene rings is 1. The van der Waals surface area contributed by atoms with Gasteiger partial charge < -0.3 is 4.90 Å². The van der Waals surface area contributed by atoms with Crippen LogP contribution in [0.2, 0.25) is 0 Å². The molecule has 1 atom stereocenters. The van der Waals surface area contributed by atoms with Crippen LogP contribution in [-0.2, 0) is 11.3 Å². The molecule has 0 bridgehead atoms. The average molecular weight is 367 g/mol. The molecule has 1 amide bonds. The van der Waals surface area contributed by atoms with Crippen molar-refractivity contribution in [3.63, 3.8) is 0 Å². The zero-order chi connectivity index (χ0) is 14.8. The molecule has 0 radical (unpaired) electrons. The molecule has 0 saturated carbocycles. The number of thioether (sulfide) groups is 1. The van der Waals surface area contributed by atoms with E-state index < -0.39 is 0 Å². The Morgan fingerprint density at radius 3 is 3.10 bits per heavy atom. The van der Waals surface area contributed by atoms with Gasteiger partial charge in [-0.15, -0.1) is 16.9 Å². The molecule has 21 heavy (non-hydrogen) atoms. The first-order valence-electron chi connectivity index (χ1n) is 6.73. The Bertz CT molecular complexity index is 660. The van der Waals surface area contributed by atoms with Crippen LogP contribution < -0.4 is 0 Å². The van der Waals surface area contributed by atoms with Gasteiger partial charge in [-0.25, -0.2) is 4.68 Å². The highest BCUT2D eigenvalue weighted by molar-refractivity contribution is 9.10. The van der Waals surface area contributed by atoms with E-state index in [2.05, 4.69) is 38.4 Å². The van der Waals surface area contributed by atoms with Crippen LogP contribution in [0.5, 0.6) is 0 Å². The first kappa shape index (κ1) is 14.6. The SMILES string of the molecule is CCN1C(=O)CS[C@@H]1c1cn(Cc2cccc(Br)c2)nn1. The van der Waals surface area contributed by atoms with Crippen molar-refractivity contribution < 1.29 is 4.79 Å². The van der Waals surface area contributed by atoms with E-state index in [0.29, 0.717) is 18.8 Å². The average Bonchev–Trinajstić information content (AvgIpc) is 3.05. The lowest BCUT2D eigenvalue weighted by molar-refractivity contribution is -0.127. The van der Waals surface area contributed by atoms with E-state index in [9.17, 15) is 4.79 Å². The molecule has 110 valence electrons. The molecule has 1 aliphatic heterocycles. The van der Waals surface area contributed by atoms with Crippen molar-refractivity contribution in [3.8, 4) is 0 Å². The fraction of sp³-hybridized carbons (Fsp3) is 0.357. The topological polar surface area (TPSA) is 51.0 Å². The summed E-state index contributed by atoms with van der Waals surface area (Å²) in [7, 11) is 0. The number of nitrogens with zero attached hydrogens (tertiary/aromatic N) is 4. The van der Waals surface area contributed by atoms with Gasteiger partial charge in [0.15, 0.2) is 0 Å². The minimum atomic E-state index is -0.00115. The Morgan fingerprint density at radius 1 is 1.48 bits per heavy atom. The number of carbonyl (C=O) groups is 1. The van der Waals surface area contributed by atoms with Gasteiger partial charge in [0, 0.05) is 11.0 Å². The van der Waals surface area contributed by atoms with Gasteiger partial charge in [-0.1, -0.05) is 33.3 Å². The van der Waals surface area contributed by atoms with Crippen molar-refractivity contribution in [1.82, 2.24) is 19.9 Å². The number of halogens is 1. The summed E-state index contributed by atoms with van der Waals surface area (Å²) >= 11 is 5.08. The van der Waals surface area contributed by atoms with E-state index in [-0.39, 0.29) is 11.3 Å². The van der Waals surface area contributed by atoms with Crippen LogP contribution in [0, 0.1) is 0 Å². The molecule has 2 aromatic rings. The van der Waals surface area contributed by atoms with Gasteiger partial charge in [-0.2, -0.15) is 0 Å². The zero-order valence-electron chi connectivity index (χ0n) is 11.6. The summed E-state index contributed by atoms with van der Waals surface area (Å²) < 4.78 is 2.86. The third-order valence-corrected chi connectivity index (χ3v) is 5.07. The quantitative estimate of drug-likeness (QED) is 0.834. The van der Waals surface area contributed by atoms with E-state index in [1.54, 1.807) is 11.8 Å². The van der Waals surface area contributed by atoms with Crippen molar-refractivity contribution in [2.24, 2.45) is 0 Å². The van der Waals surface area contributed by atoms with Crippen LogP contribution in [-0.4, -0.2) is 38.1 Å². The molecule has 1 aliphatic rings. The van der Waals surface area contributed by atoms with Crippen molar-refractivity contribution in [1.29, 1.82) is 0 Å². The van der Waals surface area contributed by atoms with E-state index in [0.717, 1.165) is 15.7 Å². The molecule has 1 saturated heterocycles. The van der Waals surface area contributed by atoms with Crippen LogP contribution in [0.3, 0.4) is 0 Å². The summed E-state index contributed by atoms with van der Waals surface area (Å²) in [5.41, 5.74) is 2.01. The first-order valence-corrected chi connectivity index (χ1v) is 8.57. The highest BCUT2D eigenvalue weighted by Gasteiger charge is 2.33. The number of amides is 1. The van der Waals surface area contributed by atoms with E-state index in [1.807, 2.05) is 34.8 Å². The smallest absolute Gasteiger partial charge is 0.233 e. The number of carbonyl (C=O) groups excluding carboxylic acids is 1. The molecule has 1 aromatic carbocycles. The fourth-order valence-corrected chi connectivity index (χ4v) is 4.01. The van der Waals surface area contributed by atoms with Gasteiger partial charge in [-0.05, 0) is 24.6 Å². The number of aromatic nitrogens is 3. The molecule has 0 aliphatic carbocycles. The summed E-state index contributed by atoms with van der Waals surface area (Å²) in [5, 5.41) is 8.41. The number of rotatable bonds is 4. The van der Waals surface area contributed by atoms with Crippen LogP contribution >= 0.6 is 27.7 Å². The molecule has 2 heterocycles.